The summed E-state index contributed by atoms with van der Waals surface area (Å²) >= 11 is 0. The van der Waals surface area contributed by atoms with Crippen molar-refractivity contribution in [3.8, 4) is 5.75 Å². The minimum atomic E-state index is -0.0943. The Morgan fingerprint density at radius 3 is 1.97 bits per heavy atom. The molecule has 29 heavy (non-hydrogen) atoms. The average Bonchev–Trinajstić information content (AvgIpc) is 2.69. The van der Waals surface area contributed by atoms with Gasteiger partial charge in [0.1, 0.15) is 5.75 Å². The molecule has 1 fully saturated rings. The van der Waals surface area contributed by atoms with Gasteiger partial charge in [0.25, 0.3) is 0 Å². The van der Waals surface area contributed by atoms with Crippen molar-refractivity contribution in [2.24, 2.45) is 0 Å². The first-order valence-corrected chi connectivity index (χ1v) is 9.86. The molecule has 2 N–H and O–H groups in total. The van der Waals surface area contributed by atoms with Crippen LogP contribution in [0, 0.1) is 0 Å². The molecule has 154 valence electrons. The van der Waals surface area contributed by atoms with E-state index in [1.165, 1.54) is 6.92 Å². The third-order valence-electron chi connectivity index (χ3n) is 4.60. The van der Waals surface area contributed by atoms with E-state index in [0.717, 1.165) is 35.9 Å². The van der Waals surface area contributed by atoms with Gasteiger partial charge in [0.15, 0.2) is 0 Å². The molecular formula is C22H28N4O3. The molecule has 7 heteroatoms. The van der Waals surface area contributed by atoms with Crippen LogP contribution in [0.25, 0.3) is 0 Å². The largest absolute Gasteiger partial charge is 0.491 e. The first kappa shape index (κ1) is 20.5. The Balaban J connectivity index is 1.49. The monoisotopic (exact) mass is 396 g/mol. The molecule has 2 aromatic rings. The zero-order valence-corrected chi connectivity index (χ0v) is 17.1. The molecule has 2 aromatic carbocycles. The number of nitrogens with zero attached hydrogens (tertiary/aromatic N) is 2. The maximum Gasteiger partial charge on any atom is 0.321 e. The zero-order chi connectivity index (χ0) is 20.8. The van der Waals surface area contributed by atoms with Crippen LogP contribution in [0.3, 0.4) is 0 Å². The van der Waals surface area contributed by atoms with Crippen LogP contribution >= 0.6 is 0 Å². The van der Waals surface area contributed by atoms with Crippen LogP contribution in [0.15, 0.2) is 48.5 Å². The predicted octanol–water partition coefficient (Wildman–Crippen LogP) is 3.79. The lowest BCUT2D eigenvalue weighted by Gasteiger charge is -2.36. The highest BCUT2D eigenvalue weighted by Crippen LogP contribution is 2.21. The van der Waals surface area contributed by atoms with Gasteiger partial charge in [0.2, 0.25) is 5.91 Å². The van der Waals surface area contributed by atoms with Gasteiger partial charge in [-0.3, -0.25) is 4.79 Å². The molecule has 0 aliphatic carbocycles. The Kier molecular flexibility index (Phi) is 6.59. The molecule has 0 saturated carbocycles. The minimum Gasteiger partial charge on any atom is -0.491 e. The Morgan fingerprint density at radius 2 is 1.41 bits per heavy atom. The summed E-state index contributed by atoms with van der Waals surface area (Å²) < 4.78 is 5.62. The van der Waals surface area contributed by atoms with Crippen LogP contribution in [-0.4, -0.2) is 49.1 Å². The number of rotatable bonds is 5. The van der Waals surface area contributed by atoms with Crippen molar-refractivity contribution in [3.63, 3.8) is 0 Å². The number of urea groups is 1. The number of carbonyl (C=O) groups excluding carboxylic acids is 2. The molecule has 0 aromatic heterocycles. The van der Waals surface area contributed by atoms with E-state index in [9.17, 15) is 9.59 Å². The molecule has 1 aliphatic heterocycles. The van der Waals surface area contributed by atoms with E-state index < -0.39 is 0 Å². The van der Waals surface area contributed by atoms with Crippen molar-refractivity contribution in [1.29, 1.82) is 0 Å². The van der Waals surface area contributed by atoms with Crippen molar-refractivity contribution in [2.75, 3.05) is 41.7 Å². The number of hydrogen-bond acceptors (Lipinski definition) is 4. The minimum absolute atomic E-state index is 0.0838. The lowest BCUT2D eigenvalue weighted by molar-refractivity contribution is -0.114. The first-order valence-electron chi connectivity index (χ1n) is 9.86. The van der Waals surface area contributed by atoms with Crippen molar-refractivity contribution in [3.05, 3.63) is 48.5 Å². The van der Waals surface area contributed by atoms with E-state index in [1.54, 1.807) is 0 Å². The van der Waals surface area contributed by atoms with Gasteiger partial charge in [0, 0.05) is 50.2 Å². The van der Waals surface area contributed by atoms with Gasteiger partial charge in [-0.15, -0.1) is 0 Å². The summed E-state index contributed by atoms with van der Waals surface area (Å²) in [4.78, 5) is 27.7. The highest BCUT2D eigenvalue weighted by atomic mass is 16.5. The fraction of sp³-hybridized carbons (Fsp3) is 0.364. The second-order valence-electron chi connectivity index (χ2n) is 7.32. The number of anilines is 3. The molecule has 0 atom stereocenters. The summed E-state index contributed by atoms with van der Waals surface area (Å²) in [7, 11) is 0. The van der Waals surface area contributed by atoms with Crippen LogP contribution in [0.5, 0.6) is 5.75 Å². The molecule has 1 aliphatic rings. The zero-order valence-electron chi connectivity index (χ0n) is 17.1. The Bertz CT molecular complexity index is 826. The SMILES string of the molecule is CC(=O)Nc1ccc(N2CCN(C(=O)Nc3ccc(OC(C)C)cc3)CC2)cc1. The van der Waals surface area contributed by atoms with E-state index in [4.69, 9.17) is 4.74 Å². The Morgan fingerprint density at radius 1 is 0.862 bits per heavy atom. The van der Waals surface area contributed by atoms with Crippen LogP contribution in [0.4, 0.5) is 21.9 Å². The second kappa shape index (κ2) is 9.32. The van der Waals surface area contributed by atoms with Gasteiger partial charge in [-0.2, -0.15) is 0 Å². The number of piperazine rings is 1. The standard InChI is InChI=1S/C22H28N4O3/c1-16(2)29-21-10-6-19(7-11-21)24-22(28)26-14-12-25(13-15-26)20-8-4-18(5-9-20)23-17(3)27/h4-11,16H,12-15H2,1-3H3,(H,23,27)(H,24,28). The molecule has 0 spiro atoms. The summed E-state index contributed by atoms with van der Waals surface area (Å²) in [6.45, 7) is 8.26. The number of ether oxygens (including phenoxy) is 1. The van der Waals surface area contributed by atoms with Crippen molar-refractivity contribution in [2.45, 2.75) is 26.9 Å². The third kappa shape index (κ3) is 5.88. The van der Waals surface area contributed by atoms with E-state index in [2.05, 4.69) is 15.5 Å². The normalized spacial score (nSPS) is 13.9. The molecule has 0 bridgehead atoms. The Labute approximate surface area is 171 Å². The predicted molar refractivity (Wildman–Crippen MR) is 116 cm³/mol. The lowest BCUT2D eigenvalue weighted by Crippen LogP contribution is -2.50. The summed E-state index contributed by atoms with van der Waals surface area (Å²) in [5.41, 5.74) is 2.62. The summed E-state index contributed by atoms with van der Waals surface area (Å²) in [5, 5.41) is 5.71. The van der Waals surface area contributed by atoms with E-state index in [-0.39, 0.29) is 18.0 Å². The molecule has 1 heterocycles. The van der Waals surface area contributed by atoms with Gasteiger partial charge >= 0.3 is 6.03 Å². The number of amides is 3. The second-order valence-corrected chi connectivity index (χ2v) is 7.32. The molecule has 7 nitrogen and oxygen atoms in total. The first-order chi connectivity index (χ1) is 13.9. The maximum atomic E-state index is 12.5. The summed E-state index contributed by atoms with van der Waals surface area (Å²) in [6, 6.07) is 15.1. The fourth-order valence-corrected chi connectivity index (χ4v) is 3.22. The van der Waals surface area contributed by atoms with Crippen molar-refractivity contribution >= 4 is 29.0 Å². The fourth-order valence-electron chi connectivity index (χ4n) is 3.22. The van der Waals surface area contributed by atoms with Crippen molar-refractivity contribution in [1.82, 2.24) is 4.90 Å². The van der Waals surface area contributed by atoms with Gasteiger partial charge < -0.3 is 25.2 Å². The highest BCUT2D eigenvalue weighted by molar-refractivity contribution is 5.90. The molecule has 3 rings (SSSR count). The maximum absolute atomic E-state index is 12.5. The number of benzene rings is 2. The smallest absolute Gasteiger partial charge is 0.321 e. The Hall–Kier alpha value is -3.22. The third-order valence-corrected chi connectivity index (χ3v) is 4.60. The van der Waals surface area contributed by atoms with Crippen LogP contribution in [-0.2, 0) is 4.79 Å². The summed E-state index contributed by atoms with van der Waals surface area (Å²) in [5.74, 6) is 0.704. The van der Waals surface area contributed by atoms with Gasteiger partial charge in [-0.05, 0) is 62.4 Å². The van der Waals surface area contributed by atoms with Gasteiger partial charge in [0.05, 0.1) is 6.10 Å². The van der Waals surface area contributed by atoms with Gasteiger partial charge in [-0.1, -0.05) is 0 Å². The summed E-state index contributed by atoms with van der Waals surface area (Å²) in [6.07, 6.45) is 0.119. The van der Waals surface area contributed by atoms with Crippen molar-refractivity contribution < 1.29 is 14.3 Å². The highest BCUT2D eigenvalue weighted by Gasteiger charge is 2.21. The van der Waals surface area contributed by atoms with E-state index >= 15 is 0 Å². The van der Waals surface area contributed by atoms with Crippen LogP contribution in [0.2, 0.25) is 0 Å². The molecular weight excluding hydrogens is 368 g/mol. The van der Waals surface area contributed by atoms with Gasteiger partial charge in [-0.25, -0.2) is 4.79 Å². The molecule has 3 amide bonds. The average molecular weight is 396 g/mol. The number of hydrogen-bond donors (Lipinski definition) is 2. The quantitative estimate of drug-likeness (QED) is 0.807. The van der Waals surface area contributed by atoms with E-state index in [0.29, 0.717) is 13.1 Å². The number of carbonyl (C=O) groups is 2. The topological polar surface area (TPSA) is 73.9 Å². The lowest BCUT2D eigenvalue weighted by atomic mass is 10.2. The number of nitrogens with one attached hydrogen (secondary N) is 2. The molecule has 0 unspecified atom stereocenters. The molecule has 0 radical (unpaired) electrons. The van der Waals surface area contributed by atoms with E-state index in [1.807, 2.05) is 67.3 Å². The van der Waals surface area contributed by atoms with Crippen LogP contribution in [0.1, 0.15) is 20.8 Å². The molecule has 1 saturated heterocycles. The van der Waals surface area contributed by atoms with Crippen LogP contribution < -0.4 is 20.3 Å².